The number of nitrogens with one attached hydrogen (secondary N) is 1. The third-order valence-corrected chi connectivity index (χ3v) is 6.82. The van der Waals surface area contributed by atoms with Crippen LogP contribution in [0.5, 0.6) is 0 Å². The summed E-state index contributed by atoms with van der Waals surface area (Å²) in [6, 6.07) is 14.7. The zero-order chi connectivity index (χ0) is 27.3. The summed E-state index contributed by atoms with van der Waals surface area (Å²) in [6.07, 6.45) is 0.00891. The van der Waals surface area contributed by atoms with Crippen LogP contribution in [0.1, 0.15) is 57.1 Å². The first kappa shape index (κ1) is 27.4. The lowest BCUT2D eigenvalue weighted by molar-refractivity contribution is -0.139. The molecule has 2 aromatic carbocycles. The van der Waals surface area contributed by atoms with Gasteiger partial charge in [0, 0.05) is 12.5 Å². The summed E-state index contributed by atoms with van der Waals surface area (Å²) in [5.74, 6) is -1.25. The highest BCUT2D eigenvalue weighted by molar-refractivity contribution is 5.81. The van der Waals surface area contributed by atoms with Crippen molar-refractivity contribution < 1.29 is 33.7 Å². The minimum absolute atomic E-state index is 0.108. The number of rotatable bonds is 8. The third-order valence-electron chi connectivity index (χ3n) is 6.82. The molecule has 2 N–H and O–H groups in total. The average molecular weight is 525 g/mol. The second kappa shape index (κ2) is 11.9. The van der Waals surface area contributed by atoms with Crippen LogP contribution in [0.2, 0.25) is 0 Å². The molecule has 1 aliphatic heterocycles. The molecule has 0 saturated carbocycles. The number of hydrogen-bond donors (Lipinski definition) is 2. The molecule has 9 nitrogen and oxygen atoms in total. The second-order valence-electron chi connectivity index (χ2n) is 10.7. The number of morpholine rings is 1. The Morgan fingerprint density at radius 2 is 1.71 bits per heavy atom. The molecule has 1 fully saturated rings. The van der Waals surface area contributed by atoms with E-state index in [1.165, 1.54) is 0 Å². The predicted octanol–water partition coefficient (Wildman–Crippen LogP) is 4.78. The van der Waals surface area contributed by atoms with E-state index < -0.39 is 29.8 Å². The number of aliphatic carboxylic acids is 1. The van der Waals surface area contributed by atoms with E-state index in [2.05, 4.69) is 17.4 Å². The highest BCUT2D eigenvalue weighted by atomic mass is 16.6. The van der Waals surface area contributed by atoms with Gasteiger partial charge in [-0.1, -0.05) is 48.5 Å². The maximum atomic E-state index is 12.6. The van der Waals surface area contributed by atoms with E-state index in [0.717, 1.165) is 22.3 Å². The average Bonchev–Trinajstić information content (AvgIpc) is 3.19. The van der Waals surface area contributed by atoms with Crippen molar-refractivity contribution in [1.29, 1.82) is 0 Å². The van der Waals surface area contributed by atoms with E-state index in [9.17, 15) is 19.5 Å². The van der Waals surface area contributed by atoms with Gasteiger partial charge in [0.05, 0.1) is 19.3 Å². The maximum Gasteiger partial charge on any atom is 0.410 e. The molecule has 4 rings (SSSR count). The molecule has 1 heterocycles. The monoisotopic (exact) mass is 524 g/mol. The Morgan fingerprint density at radius 3 is 2.32 bits per heavy atom. The highest BCUT2D eigenvalue weighted by Gasteiger charge is 2.32. The lowest BCUT2D eigenvalue weighted by Gasteiger charge is -2.36. The van der Waals surface area contributed by atoms with Crippen LogP contribution in [0, 0.1) is 0 Å². The number of hydrogen-bond acceptors (Lipinski definition) is 6. The Bertz CT molecular complexity index is 1110. The van der Waals surface area contributed by atoms with Crippen LogP contribution >= 0.6 is 0 Å². The normalized spacial score (nSPS) is 17.8. The van der Waals surface area contributed by atoms with E-state index in [-0.39, 0.29) is 25.0 Å². The van der Waals surface area contributed by atoms with Gasteiger partial charge in [-0.15, -0.1) is 0 Å². The van der Waals surface area contributed by atoms with E-state index >= 15 is 0 Å². The van der Waals surface area contributed by atoms with Crippen LogP contribution in [0.4, 0.5) is 9.59 Å². The summed E-state index contributed by atoms with van der Waals surface area (Å²) < 4.78 is 16.5. The number of amides is 2. The second-order valence-corrected chi connectivity index (χ2v) is 10.7. The Morgan fingerprint density at radius 1 is 1.08 bits per heavy atom. The van der Waals surface area contributed by atoms with Crippen molar-refractivity contribution in [3.63, 3.8) is 0 Å². The molecule has 0 spiro atoms. The number of alkyl carbamates (subject to hydrolysis) is 1. The van der Waals surface area contributed by atoms with Crippen LogP contribution in [0.15, 0.2) is 48.5 Å². The molecule has 2 atom stereocenters. The van der Waals surface area contributed by atoms with Crippen LogP contribution < -0.4 is 5.32 Å². The van der Waals surface area contributed by atoms with Gasteiger partial charge in [-0.2, -0.15) is 0 Å². The molecule has 2 unspecified atom stereocenters. The van der Waals surface area contributed by atoms with Crippen molar-refractivity contribution in [3.05, 3.63) is 59.7 Å². The number of nitrogens with zero attached hydrogens (tertiary/aromatic N) is 1. The largest absolute Gasteiger partial charge is 0.480 e. The molecule has 2 aliphatic rings. The fourth-order valence-corrected chi connectivity index (χ4v) is 5.05. The Hall–Kier alpha value is -3.59. The fourth-order valence-electron chi connectivity index (χ4n) is 5.05. The number of carbonyl (C=O) groups excluding carboxylic acids is 2. The molecule has 2 aromatic rings. The van der Waals surface area contributed by atoms with Gasteiger partial charge in [0.25, 0.3) is 0 Å². The van der Waals surface area contributed by atoms with Gasteiger partial charge in [-0.25, -0.2) is 14.4 Å². The number of fused-ring (bicyclic) bond motifs is 3. The predicted molar refractivity (Wildman–Crippen MR) is 141 cm³/mol. The molecule has 0 bridgehead atoms. The summed E-state index contributed by atoms with van der Waals surface area (Å²) in [5, 5.41) is 12.2. The lowest BCUT2D eigenvalue weighted by Crippen LogP contribution is -2.50. The number of carboxylic acid groups (broad SMARTS) is 1. The standard InChI is InChI=1S/C29H36N2O7/c1-29(2,3)38-28(35)31-15-16-36-17-19(31)9-8-14-25(26(32)33)30-27(34)37-18-24-22-12-6-4-10-20(22)21-11-5-7-13-23(21)24/h4-7,10-13,19,24-25H,8-9,14-18H2,1-3H3,(H,30,34)(H,32,33). The summed E-state index contributed by atoms with van der Waals surface area (Å²) >= 11 is 0. The van der Waals surface area contributed by atoms with Crippen molar-refractivity contribution in [2.24, 2.45) is 0 Å². The van der Waals surface area contributed by atoms with E-state index in [1.807, 2.05) is 57.2 Å². The summed E-state index contributed by atoms with van der Waals surface area (Å²) in [7, 11) is 0. The molecule has 204 valence electrons. The van der Waals surface area contributed by atoms with Gasteiger partial charge >= 0.3 is 18.2 Å². The topological polar surface area (TPSA) is 114 Å². The van der Waals surface area contributed by atoms with Gasteiger partial charge in [0.1, 0.15) is 18.2 Å². The molecule has 9 heteroatoms. The number of carbonyl (C=O) groups is 3. The summed E-state index contributed by atoms with van der Waals surface area (Å²) in [5.41, 5.74) is 3.79. The van der Waals surface area contributed by atoms with Crippen LogP contribution in [-0.2, 0) is 19.0 Å². The minimum atomic E-state index is -1.14. The van der Waals surface area contributed by atoms with Gasteiger partial charge in [-0.3, -0.25) is 0 Å². The first-order valence-corrected chi connectivity index (χ1v) is 13.1. The maximum absolute atomic E-state index is 12.6. The Kier molecular flexibility index (Phi) is 8.56. The van der Waals surface area contributed by atoms with Gasteiger partial charge in [-0.05, 0) is 62.3 Å². The molecule has 0 aromatic heterocycles. The van der Waals surface area contributed by atoms with Crippen LogP contribution in [-0.4, -0.2) is 72.2 Å². The van der Waals surface area contributed by atoms with Gasteiger partial charge in [0.15, 0.2) is 0 Å². The lowest BCUT2D eigenvalue weighted by atomic mass is 9.98. The SMILES string of the molecule is CC(C)(C)OC(=O)N1CCOCC1CCCC(NC(=O)OCC1c2ccccc2-c2ccccc21)C(=O)O. The van der Waals surface area contributed by atoms with Gasteiger partial charge in [0.2, 0.25) is 0 Å². The third kappa shape index (κ3) is 6.64. The quantitative estimate of drug-likeness (QED) is 0.511. The molecule has 1 aliphatic carbocycles. The summed E-state index contributed by atoms with van der Waals surface area (Å²) in [6.45, 7) is 6.75. The van der Waals surface area contributed by atoms with Crippen molar-refractivity contribution in [2.45, 2.75) is 63.6 Å². The molecule has 38 heavy (non-hydrogen) atoms. The van der Waals surface area contributed by atoms with Crippen molar-refractivity contribution in [2.75, 3.05) is 26.4 Å². The van der Waals surface area contributed by atoms with Gasteiger partial charge < -0.3 is 29.5 Å². The van der Waals surface area contributed by atoms with E-state index in [1.54, 1.807) is 4.90 Å². The Balaban J connectivity index is 1.29. The van der Waals surface area contributed by atoms with Crippen LogP contribution in [0.3, 0.4) is 0 Å². The number of ether oxygens (including phenoxy) is 3. The Labute approximate surface area is 223 Å². The number of carboxylic acids is 1. The van der Waals surface area contributed by atoms with Crippen molar-refractivity contribution >= 4 is 18.2 Å². The molecule has 0 radical (unpaired) electrons. The van der Waals surface area contributed by atoms with E-state index in [0.29, 0.717) is 32.6 Å². The fraction of sp³-hybridized carbons (Fsp3) is 0.483. The molecular formula is C29H36N2O7. The first-order chi connectivity index (χ1) is 18.1. The van der Waals surface area contributed by atoms with Crippen molar-refractivity contribution in [3.8, 4) is 11.1 Å². The minimum Gasteiger partial charge on any atom is -0.480 e. The molecular weight excluding hydrogens is 488 g/mol. The van der Waals surface area contributed by atoms with E-state index in [4.69, 9.17) is 14.2 Å². The van der Waals surface area contributed by atoms with Crippen LogP contribution in [0.25, 0.3) is 11.1 Å². The molecule has 1 saturated heterocycles. The molecule has 2 amide bonds. The zero-order valence-electron chi connectivity index (χ0n) is 22.1. The number of benzene rings is 2. The first-order valence-electron chi connectivity index (χ1n) is 13.1. The highest BCUT2D eigenvalue weighted by Crippen LogP contribution is 2.44. The van der Waals surface area contributed by atoms with Crippen molar-refractivity contribution in [1.82, 2.24) is 10.2 Å². The summed E-state index contributed by atoms with van der Waals surface area (Å²) in [4.78, 5) is 38.7. The smallest absolute Gasteiger partial charge is 0.410 e. The zero-order valence-corrected chi connectivity index (χ0v) is 22.1.